The molecule has 2 amide bonds. The Bertz CT molecular complexity index is 503. The first-order valence-corrected chi connectivity index (χ1v) is 5.76. The first kappa shape index (κ1) is 12.9. The Balaban J connectivity index is 2.65. The van der Waals surface area contributed by atoms with Gasteiger partial charge in [-0.25, -0.2) is 0 Å². The molecule has 1 aromatic carbocycles. The van der Waals surface area contributed by atoms with Crippen molar-refractivity contribution in [2.75, 3.05) is 7.05 Å². The predicted molar refractivity (Wildman–Crippen MR) is 59.9 cm³/mol. The molecule has 96 valence electrons. The maximum absolute atomic E-state index is 13.3. The van der Waals surface area contributed by atoms with Crippen molar-refractivity contribution in [3.8, 4) is 0 Å². The molecule has 2 rings (SSSR count). The molecule has 1 heterocycles. The zero-order valence-electron chi connectivity index (χ0n) is 9.19. The number of carbonyl (C=O) groups is 2. The Kier molecular flexibility index (Phi) is 2.89. The monoisotopic (exact) mass is 275 g/mol. The number of imide groups is 1. The van der Waals surface area contributed by atoms with E-state index in [1.165, 1.54) is 24.3 Å². The summed E-state index contributed by atoms with van der Waals surface area (Å²) in [6.45, 7) is 0. The Morgan fingerprint density at radius 2 is 1.72 bits per heavy atom. The van der Waals surface area contributed by atoms with Crippen LogP contribution in [0.3, 0.4) is 0 Å². The van der Waals surface area contributed by atoms with Gasteiger partial charge in [-0.2, -0.15) is 13.2 Å². The van der Waals surface area contributed by atoms with E-state index >= 15 is 0 Å². The Morgan fingerprint density at radius 1 is 1.17 bits per heavy atom. The Labute approximate surface area is 105 Å². The van der Waals surface area contributed by atoms with Gasteiger partial charge < -0.3 is 0 Å². The van der Waals surface area contributed by atoms with Gasteiger partial charge in [0, 0.05) is 7.05 Å². The van der Waals surface area contributed by atoms with Crippen LogP contribution in [0.4, 0.5) is 18.0 Å². The van der Waals surface area contributed by atoms with Gasteiger partial charge in [0.05, 0.1) is 0 Å². The lowest BCUT2D eigenvalue weighted by Gasteiger charge is -2.27. The second-order valence-electron chi connectivity index (χ2n) is 3.78. The summed E-state index contributed by atoms with van der Waals surface area (Å²) < 4.78 is 37.0. The summed E-state index contributed by atoms with van der Waals surface area (Å²) in [5.41, 5.74) is -0.231. The van der Waals surface area contributed by atoms with E-state index in [0.29, 0.717) is 4.90 Å². The number of halogens is 3. The fraction of sp³-hybridized carbons (Fsp3) is 0.273. The normalized spacial score (nSPS) is 24.8. The Hall–Kier alpha value is -1.50. The summed E-state index contributed by atoms with van der Waals surface area (Å²) in [5, 5.41) is -0.902. The van der Waals surface area contributed by atoms with Crippen LogP contribution in [-0.2, 0) is 9.54 Å². The van der Waals surface area contributed by atoms with Gasteiger partial charge in [-0.05, 0) is 17.3 Å². The molecular formula is C11H8F3NO2S. The smallest absolute Gasteiger partial charge is 0.275 e. The Morgan fingerprint density at radius 3 is 2.11 bits per heavy atom. The summed E-state index contributed by atoms with van der Waals surface area (Å²) in [5.74, 6) is -1.25. The lowest BCUT2D eigenvalue weighted by molar-refractivity contribution is -0.175. The minimum Gasteiger partial charge on any atom is -0.275 e. The highest BCUT2D eigenvalue weighted by molar-refractivity contribution is 8.15. The van der Waals surface area contributed by atoms with E-state index in [9.17, 15) is 22.8 Å². The van der Waals surface area contributed by atoms with E-state index in [1.54, 1.807) is 6.07 Å². The third-order valence-electron chi connectivity index (χ3n) is 2.70. The van der Waals surface area contributed by atoms with Crippen LogP contribution in [-0.4, -0.2) is 29.3 Å². The number of nitrogens with zero attached hydrogens (tertiary/aromatic N) is 1. The van der Waals surface area contributed by atoms with Crippen molar-refractivity contribution in [3.05, 3.63) is 35.9 Å². The molecule has 0 aromatic heterocycles. The lowest BCUT2D eigenvalue weighted by atomic mass is 9.96. The van der Waals surface area contributed by atoms with Crippen molar-refractivity contribution in [1.29, 1.82) is 0 Å². The molecule has 1 atom stereocenters. The molecule has 7 heteroatoms. The maximum atomic E-state index is 13.3. The number of likely N-dealkylation sites (N-methyl/N-ethyl adjacent to an activating group) is 1. The lowest BCUT2D eigenvalue weighted by Crippen LogP contribution is -2.46. The number of benzene rings is 1. The van der Waals surface area contributed by atoms with Crippen LogP contribution < -0.4 is 0 Å². The first-order chi connectivity index (χ1) is 8.30. The van der Waals surface area contributed by atoms with Gasteiger partial charge in [-0.1, -0.05) is 30.3 Å². The van der Waals surface area contributed by atoms with Gasteiger partial charge >= 0.3 is 6.18 Å². The van der Waals surface area contributed by atoms with E-state index in [0.717, 1.165) is 7.05 Å². The summed E-state index contributed by atoms with van der Waals surface area (Å²) >= 11 is 0.00171. The molecule has 0 aliphatic carbocycles. The standard InChI is InChI=1S/C11H8F3NO2S/c1-15-8(16)10(11(12,13)14,18-9(15)17)7-5-3-2-4-6-7/h2-6H,1H3. The fourth-order valence-corrected chi connectivity index (χ4v) is 2.84. The van der Waals surface area contributed by atoms with E-state index in [4.69, 9.17) is 0 Å². The number of alkyl halides is 3. The topological polar surface area (TPSA) is 37.4 Å². The second-order valence-corrected chi connectivity index (χ2v) is 4.94. The average Bonchev–Trinajstić information content (AvgIpc) is 2.55. The van der Waals surface area contributed by atoms with Crippen LogP contribution in [0.25, 0.3) is 0 Å². The number of hydrogen-bond donors (Lipinski definition) is 0. The molecular weight excluding hydrogens is 267 g/mol. The van der Waals surface area contributed by atoms with E-state index in [-0.39, 0.29) is 17.3 Å². The highest BCUT2D eigenvalue weighted by Gasteiger charge is 2.68. The number of amides is 2. The molecule has 3 nitrogen and oxygen atoms in total. The van der Waals surface area contributed by atoms with Crippen molar-refractivity contribution in [2.24, 2.45) is 0 Å². The molecule has 1 aromatic rings. The number of carbonyl (C=O) groups excluding carboxylic acids is 2. The van der Waals surface area contributed by atoms with E-state index < -0.39 is 22.1 Å². The minimum absolute atomic E-state index is 0.00171. The van der Waals surface area contributed by atoms with Crippen LogP contribution in [0.5, 0.6) is 0 Å². The van der Waals surface area contributed by atoms with Crippen molar-refractivity contribution in [3.63, 3.8) is 0 Å². The predicted octanol–water partition coefficient (Wildman–Crippen LogP) is 2.77. The van der Waals surface area contributed by atoms with Gasteiger partial charge in [0.2, 0.25) is 4.75 Å². The average molecular weight is 275 g/mol. The summed E-state index contributed by atoms with van der Waals surface area (Å²) in [6, 6.07) is 6.75. The zero-order chi connectivity index (χ0) is 13.6. The molecule has 0 bridgehead atoms. The van der Waals surface area contributed by atoms with Gasteiger partial charge in [-0.3, -0.25) is 14.5 Å². The molecule has 0 spiro atoms. The van der Waals surface area contributed by atoms with Crippen LogP contribution >= 0.6 is 11.8 Å². The van der Waals surface area contributed by atoms with Gasteiger partial charge in [0.15, 0.2) is 0 Å². The highest BCUT2D eigenvalue weighted by Crippen LogP contribution is 2.54. The number of rotatable bonds is 1. The molecule has 1 aliphatic heterocycles. The third kappa shape index (κ3) is 1.61. The van der Waals surface area contributed by atoms with E-state index in [1.807, 2.05) is 0 Å². The SMILES string of the molecule is CN1C(=O)SC(c2ccccc2)(C(F)(F)F)C1=O. The van der Waals surface area contributed by atoms with Crippen molar-refractivity contribution < 1.29 is 22.8 Å². The first-order valence-electron chi connectivity index (χ1n) is 4.94. The molecule has 1 fully saturated rings. The quantitative estimate of drug-likeness (QED) is 0.791. The molecule has 1 saturated heterocycles. The van der Waals surface area contributed by atoms with Crippen molar-refractivity contribution >= 4 is 22.9 Å². The summed E-state index contributed by atoms with van der Waals surface area (Å²) in [6.07, 6.45) is -4.84. The minimum atomic E-state index is -4.84. The molecule has 1 aliphatic rings. The summed E-state index contributed by atoms with van der Waals surface area (Å²) in [7, 11) is 1.05. The second kappa shape index (κ2) is 4.01. The fourth-order valence-electron chi connectivity index (χ4n) is 1.76. The molecule has 1 unspecified atom stereocenters. The van der Waals surface area contributed by atoms with Crippen molar-refractivity contribution in [2.45, 2.75) is 10.9 Å². The van der Waals surface area contributed by atoms with Crippen LogP contribution in [0.2, 0.25) is 0 Å². The van der Waals surface area contributed by atoms with Gasteiger partial charge in [0.1, 0.15) is 0 Å². The molecule has 18 heavy (non-hydrogen) atoms. The van der Waals surface area contributed by atoms with Crippen LogP contribution in [0.15, 0.2) is 30.3 Å². The van der Waals surface area contributed by atoms with Gasteiger partial charge in [0.25, 0.3) is 11.1 Å². The molecule has 0 radical (unpaired) electrons. The molecule has 0 N–H and O–H groups in total. The van der Waals surface area contributed by atoms with Crippen molar-refractivity contribution in [1.82, 2.24) is 4.90 Å². The van der Waals surface area contributed by atoms with Crippen LogP contribution in [0.1, 0.15) is 5.56 Å². The third-order valence-corrected chi connectivity index (χ3v) is 4.10. The largest absolute Gasteiger partial charge is 0.416 e. The molecule has 0 saturated carbocycles. The maximum Gasteiger partial charge on any atom is 0.416 e. The zero-order valence-corrected chi connectivity index (χ0v) is 10.0. The van der Waals surface area contributed by atoms with E-state index in [2.05, 4.69) is 0 Å². The number of hydrogen-bond acceptors (Lipinski definition) is 3. The number of thioether (sulfide) groups is 1. The summed E-state index contributed by atoms with van der Waals surface area (Å²) in [4.78, 5) is 23.7. The van der Waals surface area contributed by atoms with Gasteiger partial charge in [-0.15, -0.1) is 0 Å². The van der Waals surface area contributed by atoms with Crippen LogP contribution in [0, 0.1) is 0 Å². The highest BCUT2D eigenvalue weighted by atomic mass is 32.2.